The third-order valence-electron chi connectivity index (χ3n) is 4.56. The van der Waals surface area contributed by atoms with Gasteiger partial charge < -0.3 is 4.74 Å². The van der Waals surface area contributed by atoms with Crippen molar-refractivity contribution >= 4 is 22.5 Å². The van der Waals surface area contributed by atoms with Gasteiger partial charge in [-0.25, -0.2) is 4.98 Å². The molecule has 112 valence electrons. The predicted molar refractivity (Wildman–Crippen MR) is 88.0 cm³/mol. The monoisotopic (exact) mass is 303 g/mol. The number of benzene rings is 1. The van der Waals surface area contributed by atoms with Gasteiger partial charge in [0.05, 0.1) is 5.52 Å². The summed E-state index contributed by atoms with van der Waals surface area (Å²) in [6.45, 7) is 2.25. The summed E-state index contributed by atoms with van der Waals surface area (Å²) in [7, 11) is 0. The number of ether oxygens (including phenoxy) is 1. The van der Waals surface area contributed by atoms with Crippen LogP contribution in [0.25, 0.3) is 10.9 Å². The van der Waals surface area contributed by atoms with Crippen molar-refractivity contribution in [2.24, 2.45) is 5.92 Å². The maximum atomic E-state index is 6.24. The van der Waals surface area contributed by atoms with Crippen LogP contribution in [-0.4, -0.2) is 11.1 Å². The summed E-state index contributed by atoms with van der Waals surface area (Å²) in [6.07, 6.45) is 6.50. The average Bonchev–Trinajstić information content (AvgIpc) is 2.54. The zero-order valence-electron chi connectivity index (χ0n) is 12.5. The molecule has 1 aliphatic carbocycles. The van der Waals surface area contributed by atoms with Gasteiger partial charge in [0.25, 0.3) is 0 Å². The fourth-order valence-corrected chi connectivity index (χ4v) is 3.56. The first-order valence-electron chi connectivity index (χ1n) is 7.93. The average molecular weight is 304 g/mol. The molecule has 1 aromatic heterocycles. The molecule has 0 radical (unpaired) electrons. The highest BCUT2D eigenvalue weighted by molar-refractivity contribution is 6.18. The highest BCUT2D eigenvalue weighted by Gasteiger charge is 2.25. The van der Waals surface area contributed by atoms with E-state index in [0.29, 0.717) is 17.9 Å². The summed E-state index contributed by atoms with van der Waals surface area (Å²) >= 11 is 6.09. The lowest BCUT2D eigenvalue weighted by Gasteiger charge is -2.31. The van der Waals surface area contributed by atoms with E-state index in [1.165, 1.54) is 25.7 Å². The van der Waals surface area contributed by atoms with Crippen LogP contribution >= 0.6 is 11.6 Å². The van der Waals surface area contributed by atoms with Crippen LogP contribution in [0.5, 0.6) is 5.88 Å². The molecule has 0 amide bonds. The van der Waals surface area contributed by atoms with E-state index in [4.69, 9.17) is 16.3 Å². The molecular formula is C18H22ClNO. The number of rotatable bonds is 4. The van der Waals surface area contributed by atoms with Gasteiger partial charge in [-0.2, -0.15) is 0 Å². The van der Waals surface area contributed by atoms with Crippen molar-refractivity contribution < 1.29 is 4.74 Å². The van der Waals surface area contributed by atoms with Crippen LogP contribution in [-0.2, 0) is 5.88 Å². The van der Waals surface area contributed by atoms with Crippen LogP contribution in [0.3, 0.4) is 0 Å². The van der Waals surface area contributed by atoms with Crippen molar-refractivity contribution in [3.8, 4) is 5.88 Å². The molecule has 2 nitrogen and oxygen atoms in total. The molecule has 2 atom stereocenters. The zero-order chi connectivity index (χ0) is 14.7. The Balaban J connectivity index is 1.89. The van der Waals surface area contributed by atoms with Crippen LogP contribution in [0.4, 0.5) is 0 Å². The Bertz CT molecular complexity index is 613. The van der Waals surface area contributed by atoms with Gasteiger partial charge in [-0.1, -0.05) is 31.5 Å². The second kappa shape index (κ2) is 6.65. The number of fused-ring (bicyclic) bond motifs is 1. The smallest absolute Gasteiger partial charge is 0.214 e. The fourth-order valence-electron chi connectivity index (χ4n) is 3.34. The SMILES string of the molecule is CCC1CCCCC1Oc1cc(CCl)c2ccccc2n1. The summed E-state index contributed by atoms with van der Waals surface area (Å²) in [5, 5.41) is 1.12. The van der Waals surface area contributed by atoms with Crippen molar-refractivity contribution in [1.29, 1.82) is 0 Å². The van der Waals surface area contributed by atoms with Crippen molar-refractivity contribution in [1.82, 2.24) is 4.98 Å². The number of hydrogen-bond donors (Lipinski definition) is 0. The topological polar surface area (TPSA) is 22.1 Å². The van der Waals surface area contributed by atoms with Crippen LogP contribution < -0.4 is 4.74 Å². The van der Waals surface area contributed by atoms with Crippen LogP contribution in [0.2, 0.25) is 0 Å². The molecule has 1 fully saturated rings. The molecule has 2 aromatic rings. The van der Waals surface area contributed by atoms with Crippen molar-refractivity contribution in [2.45, 2.75) is 51.0 Å². The number of halogens is 1. The van der Waals surface area contributed by atoms with Crippen LogP contribution in [0.15, 0.2) is 30.3 Å². The third-order valence-corrected chi connectivity index (χ3v) is 4.85. The van der Waals surface area contributed by atoms with E-state index < -0.39 is 0 Å². The number of alkyl halides is 1. The Morgan fingerprint density at radius 1 is 1.24 bits per heavy atom. The van der Waals surface area contributed by atoms with E-state index in [-0.39, 0.29) is 0 Å². The number of nitrogens with zero attached hydrogens (tertiary/aromatic N) is 1. The number of para-hydroxylation sites is 1. The number of pyridine rings is 1. The fraction of sp³-hybridized carbons (Fsp3) is 0.500. The first-order chi connectivity index (χ1) is 10.3. The van der Waals surface area contributed by atoms with Gasteiger partial charge >= 0.3 is 0 Å². The highest BCUT2D eigenvalue weighted by atomic mass is 35.5. The lowest BCUT2D eigenvalue weighted by molar-refractivity contribution is 0.0861. The van der Waals surface area contributed by atoms with E-state index in [2.05, 4.69) is 18.0 Å². The predicted octanol–water partition coefficient (Wildman–Crippen LogP) is 5.32. The first-order valence-corrected chi connectivity index (χ1v) is 8.46. The molecule has 0 N–H and O–H groups in total. The van der Waals surface area contributed by atoms with E-state index >= 15 is 0 Å². The van der Waals surface area contributed by atoms with Gasteiger partial charge in [-0.3, -0.25) is 0 Å². The van der Waals surface area contributed by atoms with Crippen molar-refractivity contribution in [3.05, 3.63) is 35.9 Å². The van der Waals surface area contributed by atoms with Gasteiger partial charge in [0.15, 0.2) is 0 Å². The van der Waals surface area contributed by atoms with Crippen molar-refractivity contribution in [3.63, 3.8) is 0 Å². The van der Waals surface area contributed by atoms with E-state index in [0.717, 1.165) is 28.8 Å². The molecule has 1 aromatic carbocycles. The quantitative estimate of drug-likeness (QED) is 0.713. The van der Waals surface area contributed by atoms with Crippen LogP contribution in [0.1, 0.15) is 44.6 Å². The molecule has 1 aliphatic rings. The molecule has 3 heteroatoms. The molecule has 1 heterocycles. The van der Waals surface area contributed by atoms with E-state index in [1.54, 1.807) is 0 Å². The molecule has 3 rings (SSSR count). The van der Waals surface area contributed by atoms with Gasteiger partial charge in [0, 0.05) is 17.3 Å². The highest BCUT2D eigenvalue weighted by Crippen LogP contribution is 2.31. The minimum Gasteiger partial charge on any atom is -0.474 e. The Morgan fingerprint density at radius 2 is 2.05 bits per heavy atom. The Kier molecular flexibility index (Phi) is 4.64. The Labute approximate surface area is 131 Å². The lowest BCUT2D eigenvalue weighted by Crippen LogP contribution is -2.30. The summed E-state index contributed by atoms with van der Waals surface area (Å²) in [5.74, 6) is 1.88. The van der Waals surface area contributed by atoms with E-state index in [9.17, 15) is 0 Å². The second-order valence-electron chi connectivity index (χ2n) is 5.88. The third kappa shape index (κ3) is 3.16. The van der Waals surface area contributed by atoms with Crippen molar-refractivity contribution in [2.75, 3.05) is 0 Å². The summed E-state index contributed by atoms with van der Waals surface area (Å²) in [4.78, 5) is 4.67. The maximum Gasteiger partial charge on any atom is 0.214 e. The molecule has 1 saturated carbocycles. The molecular weight excluding hydrogens is 282 g/mol. The summed E-state index contributed by atoms with van der Waals surface area (Å²) in [6, 6.07) is 10.1. The minimum atomic E-state index is 0.306. The summed E-state index contributed by atoms with van der Waals surface area (Å²) in [5.41, 5.74) is 2.07. The molecule has 2 unspecified atom stereocenters. The number of aromatic nitrogens is 1. The Hall–Kier alpha value is -1.28. The number of hydrogen-bond acceptors (Lipinski definition) is 2. The van der Waals surface area contributed by atoms with Gasteiger partial charge in [-0.05, 0) is 43.2 Å². The molecule has 0 aliphatic heterocycles. The first kappa shape index (κ1) is 14.6. The van der Waals surface area contributed by atoms with E-state index in [1.807, 2.05) is 24.3 Å². The van der Waals surface area contributed by atoms with Gasteiger partial charge in [-0.15, -0.1) is 11.6 Å². The van der Waals surface area contributed by atoms with Gasteiger partial charge in [0.2, 0.25) is 5.88 Å². The molecule has 0 spiro atoms. The minimum absolute atomic E-state index is 0.306. The van der Waals surface area contributed by atoms with Crippen LogP contribution in [0, 0.1) is 5.92 Å². The largest absolute Gasteiger partial charge is 0.474 e. The molecule has 0 bridgehead atoms. The molecule has 21 heavy (non-hydrogen) atoms. The Morgan fingerprint density at radius 3 is 2.86 bits per heavy atom. The lowest BCUT2D eigenvalue weighted by atomic mass is 9.85. The molecule has 0 saturated heterocycles. The summed E-state index contributed by atoms with van der Waals surface area (Å²) < 4.78 is 6.24. The normalized spacial score (nSPS) is 22.4. The van der Waals surface area contributed by atoms with Gasteiger partial charge in [0.1, 0.15) is 6.10 Å². The standard InChI is InChI=1S/C18H22ClNO/c1-2-13-7-3-6-10-17(13)21-18-11-14(12-19)15-8-4-5-9-16(15)20-18/h4-5,8-9,11,13,17H,2-3,6-7,10,12H2,1H3. The zero-order valence-corrected chi connectivity index (χ0v) is 13.3. The maximum absolute atomic E-state index is 6.24. The second-order valence-corrected chi connectivity index (χ2v) is 6.15.